The second-order valence-corrected chi connectivity index (χ2v) is 4.74. The molecule has 0 aliphatic rings. The zero-order valence-corrected chi connectivity index (χ0v) is 11.3. The molecule has 1 aromatic carbocycles. The van der Waals surface area contributed by atoms with Crippen LogP contribution in [0.3, 0.4) is 0 Å². The Bertz CT molecular complexity index is 565. The van der Waals surface area contributed by atoms with Gasteiger partial charge in [0, 0.05) is 24.1 Å². The highest BCUT2D eigenvalue weighted by Gasteiger charge is 2.12. The lowest BCUT2D eigenvalue weighted by atomic mass is 10.2. The van der Waals surface area contributed by atoms with Gasteiger partial charge in [-0.3, -0.25) is 0 Å². The van der Waals surface area contributed by atoms with Crippen LogP contribution in [0.2, 0.25) is 0 Å². The van der Waals surface area contributed by atoms with Crippen molar-refractivity contribution in [1.29, 1.82) is 0 Å². The van der Waals surface area contributed by atoms with E-state index in [4.69, 9.17) is 9.52 Å². The van der Waals surface area contributed by atoms with Crippen LogP contribution >= 0.6 is 15.9 Å². The van der Waals surface area contributed by atoms with Gasteiger partial charge in [-0.25, -0.2) is 4.79 Å². The van der Waals surface area contributed by atoms with Crippen molar-refractivity contribution in [2.75, 3.05) is 11.9 Å². The second kappa shape index (κ2) is 5.27. The summed E-state index contributed by atoms with van der Waals surface area (Å²) >= 11 is 3.47. The van der Waals surface area contributed by atoms with Crippen LogP contribution in [0.1, 0.15) is 16.1 Å². The molecule has 0 unspecified atom stereocenters. The maximum absolute atomic E-state index is 10.7. The fourth-order valence-electron chi connectivity index (χ4n) is 1.61. The largest absolute Gasteiger partial charge is 0.475 e. The van der Waals surface area contributed by atoms with Crippen molar-refractivity contribution >= 4 is 27.8 Å². The monoisotopic (exact) mass is 309 g/mol. The molecule has 94 valence electrons. The summed E-state index contributed by atoms with van der Waals surface area (Å²) in [4.78, 5) is 12.6. The van der Waals surface area contributed by atoms with Crippen molar-refractivity contribution in [1.82, 2.24) is 0 Å². The Labute approximate surface area is 113 Å². The fourth-order valence-corrected chi connectivity index (χ4v) is 2.02. The summed E-state index contributed by atoms with van der Waals surface area (Å²) in [6, 6.07) is 11.0. The molecular weight excluding hydrogens is 298 g/mol. The Hall–Kier alpha value is -1.75. The zero-order chi connectivity index (χ0) is 13.1. The van der Waals surface area contributed by atoms with Gasteiger partial charge in [0.05, 0.1) is 0 Å². The van der Waals surface area contributed by atoms with Crippen LogP contribution in [0, 0.1) is 0 Å². The predicted molar refractivity (Wildman–Crippen MR) is 71.9 cm³/mol. The minimum Gasteiger partial charge on any atom is -0.475 e. The molecule has 2 aromatic rings. The number of aromatic carboxylic acids is 1. The number of anilines is 1. The van der Waals surface area contributed by atoms with Gasteiger partial charge >= 0.3 is 5.97 Å². The third-order valence-electron chi connectivity index (χ3n) is 2.54. The number of hydrogen-bond acceptors (Lipinski definition) is 3. The van der Waals surface area contributed by atoms with Crippen LogP contribution in [0.25, 0.3) is 0 Å². The predicted octanol–water partition coefficient (Wildman–Crippen LogP) is 3.38. The number of nitrogens with zero attached hydrogens (tertiary/aromatic N) is 1. The molecule has 18 heavy (non-hydrogen) atoms. The standard InChI is InChI=1S/C13H12BrNO3/c1-15(8-9-4-2-3-5-10(9)14)12-7-6-11(18-12)13(16)17/h2-7H,8H2,1H3,(H,16,17). The first-order valence-electron chi connectivity index (χ1n) is 5.35. The molecule has 0 aliphatic carbocycles. The summed E-state index contributed by atoms with van der Waals surface area (Å²) < 4.78 is 6.25. The molecule has 0 radical (unpaired) electrons. The SMILES string of the molecule is CN(Cc1ccccc1Br)c1ccc(C(=O)O)o1. The molecule has 5 heteroatoms. The van der Waals surface area contributed by atoms with Crippen LogP contribution in [-0.4, -0.2) is 18.1 Å². The van der Waals surface area contributed by atoms with E-state index in [0.717, 1.165) is 10.0 Å². The van der Waals surface area contributed by atoms with E-state index >= 15 is 0 Å². The summed E-state index contributed by atoms with van der Waals surface area (Å²) in [7, 11) is 1.85. The normalized spacial score (nSPS) is 10.3. The first-order valence-corrected chi connectivity index (χ1v) is 6.15. The van der Waals surface area contributed by atoms with Gasteiger partial charge in [0.25, 0.3) is 0 Å². The molecule has 0 spiro atoms. The molecule has 0 bridgehead atoms. The van der Waals surface area contributed by atoms with Crippen molar-refractivity contribution in [3.63, 3.8) is 0 Å². The number of carbonyl (C=O) groups is 1. The maximum Gasteiger partial charge on any atom is 0.371 e. The number of carboxylic acid groups (broad SMARTS) is 1. The molecule has 0 aliphatic heterocycles. The van der Waals surface area contributed by atoms with E-state index in [2.05, 4.69) is 15.9 Å². The highest BCUT2D eigenvalue weighted by atomic mass is 79.9. The number of rotatable bonds is 4. The molecule has 0 saturated heterocycles. The first-order chi connectivity index (χ1) is 8.58. The van der Waals surface area contributed by atoms with Gasteiger partial charge in [0.1, 0.15) is 0 Å². The topological polar surface area (TPSA) is 53.7 Å². The molecule has 2 rings (SSSR count). The summed E-state index contributed by atoms with van der Waals surface area (Å²) in [6.45, 7) is 0.633. The van der Waals surface area contributed by atoms with Gasteiger partial charge < -0.3 is 14.4 Å². The fraction of sp³-hybridized carbons (Fsp3) is 0.154. The molecule has 0 saturated carbocycles. The van der Waals surface area contributed by atoms with E-state index in [-0.39, 0.29) is 5.76 Å². The van der Waals surface area contributed by atoms with E-state index in [0.29, 0.717) is 12.4 Å². The minimum absolute atomic E-state index is 0.0519. The van der Waals surface area contributed by atoms with E-state index < -0.39 is 5.97 Å². The van der Waals surface area contributed by atoms with Gasteiger partial charge in [-0.05, 0) is 17.7 Å². The first kappa shape index (κ1) is 12.7. The number of carboxylic acids is 1. The summed E-state index contributed by atoms with van der Waals surface area (Å²) in [5.74, 6) is -0.581. The Morgan fingerprint density at radius 3 is 2.67 bits per heavy atom. The molecule has 1 heterocycles. The lowest BCUT2D eigenvalue weighted by Crippen LogP contribution is -2.15. The Balaban J connectivity index is 2.14. The quantitative estimate of drug-likeness (QED) is 0.940. The summed E-state index contributed by atoms with van der Waals surface area (Å²) in [5, 5.41) is 8.79. The van der Waals surface area contributed by atoms with Crippen LogP contribution in [0.4, 0.5) is 5.88 Å². The molecule has 1 N–H and O–H groups in total. The van der Waals surface area contributed by atoms with Crippen molar-refractivity contribution in [2.45, 2.75) is 6.54 Å². The van der Waals surface area contributed by atoms with Gasteiger partial charge in [0.15, 0.2) is 5.88 Å². The van der Waals surface area contributed by atoms with Crippen molar-refractivity contribution in [3.05, 3.63) is 52.2 Å². The average Bonchev–Trinajstić information content (AvgIpc) is 2.81. The molecule has 1 aromatic heterocycles. The Morgan fingerprint density at radius 2 is 2.06 bits per heavy atom. The third kappa shape index (κ3) is 2.73. The van der Waals surface area contributed by atoms with E-state index in [1.165, 1.54) is 6.07 Å². The number of halogens is 1. The number of hydrogen-bond donors (Lipinski definition) is 1. The van der Waals surface area contributed by atoms with E-state index in [9.17, 15) is 4.79 Å². The van der Waals surface area contributed by atoms with Crippen LogP contribution in [0.5, 0.6) is 0 Å². The highest BCUT2D eigenvalue weighted by Crippen LogP contribution is 2.22. The van der Waals surface area contributed by atoms with Crippen molar-refractivity contribution in [2.24, 2.45) is 0 Å². The van der Waals surface area contributed by atoms with Gasteiger partial charge in [-0.1, -0.05) is 34.1 Å². The number of benzene rings is 1. The average molecular weight is 310 g/mol. The van der Waals surface area contributed by atoms with Gasteiger partial charge in [-0.15, -0.1) is 0 Å². The molecule has 0 amide bonds. The van der Waals surface area contributed by atoms with Crippen molar-refractivity contribution < 1.29 is 14.3 Å². The maximum atomic E-state index is 10.7. The summed E-state index contributed by atoms with van der Waals surface area (Å²) in [5.41, 5.74) is 1.10. The molecule has 4 nitrogen and oxygen atoms in total. The lowest BCUT2D eigenvalue weighted by molar-refractivity contribution is 0.0663. The lowest BCUT2D eigenvalue weighted by Gasteiger charge is -2.16. The third-order valence-corrected chi connectivity index (χ3v) is 3.32. The van der Waals surface area contributed by atoms with Crippen molar-refractivity contribution in [3.8, 4) is 0 Å². The molecule has 0 fully saturated rings. The van der Waals surface area contributed by atoms with Crippen LogP contribution < -0.4 is 4.90 Å². The smallest absolute Gasteiger partial charge is 0.371 e. The highest BCUT2D eigenvalue weighted by molar-refractivity contribution is 9.10. The van der Waals surface area contributed by atoms with Gasteiger partial charge in [0.2, 0.25) is 5.76 Å². The van der Waals surface area contributed by atoms with E-state index in [1.807, 2.05) is 36.2 Å². The second-order valence-electron chi connectivity index (χ2n) is 3.89. The Morgan fingerprint density at radius 1 is 1.33 bits per heavy atom. The van der Waals surface area contributed by atoms with Crippen LogP contribution in [0.15, 0.2) is 45.3 Å². The summed E-state index contributed by atoms with van der Waals surface area (Å²) in [6.07, 6.45) is 0. The zero-order valence-electron chi connectivity index (χ0n) is 9.76. The Kier molecular flexibility index (Phi) is 3.72. The molecule has 0 atom stereocenters. The molecular formula is C13H12BrNO3. The van der Waals surface area contributed by atoms with Crippen LogP contribution in [-0.2, 0) is 6.54 Å². The van der Waals surface area contributed by atoms with E-state index in [1.54, 1.807) is 6.07 Å². The minimum atomic E-state index is -1.06. The van der Waals surface area contributed by atoms with Gasteiger partial charge in [-0.2, -0.15) is 0 Å². The number of furan rings is 1.